The summed E-state index contributed by atoms with van der Waals surface area (Å²) in [5.41, 5.74) is 14.5. The Morgan fingerprint density at radius 3 is 2.66 bits per heavy atom. The number of nitriles is 1. The Labute approximate surface area is 385 Å². The third-order valence-electron chi connectivity index (χ3n) is 18.6. The van der Waals surface area contributed by atoms with Crippen molar-refractivity contribution >= 4 is 23.5 Å². The van der Waals surface area contributed by atoms with E-state index < -0.39 is 0 Å². The molecule has 13 unspecified atom stereocenters. The molecular weight excluding hydrogens is 803 g/mol. The normalized spacial score (nSPS) is 40.3. The molecule has 13 atom stereocenters. The van der Waals surface area contributed by atoms with Crippen molar-refractivity contribution < 1.29 is 4.74 Å². The van der Waals surface area contributed by atoms with Crippen molar-refractivity contribution in [2.75, 3.05) is 0 Å². The predicted octanol–water partition coefficient (Wildman–Crippen LogP) is 11.6. The molecule has 0 aromatic carbocycles. The van der Waals surface area contributed by atoms with Crippen molar-refractivity contribution in [3.05, 3.63) is 128 Å². The van der Waals surface area contributed by atoms with Crippen molar-refractivity contribution in [2.24, 2.45) is 35.5 Å². The first kappa shape index (κ1) is 39.4. The minimum absolute atomic E-state index is 0.149. The molecule has 3 saturated heterocycles. The smallest absolute Gasteiger partial charge is 0.0969 e. The summed E-state index contributed by atoms with van der Waals surface area (Å²) in [6.45, 7) is 0. The molecule has 4 fully saturated rings. The van der Waals surface area contributed by atoms with Crippen LogP contribution in [0.5, 0.6) is 0 Å². The van der Waals surface area contributed by atoms with Crippen LogP contribution < -0.4 is 5.32 Å². The Hall–Kier alpha value is -3.80. The van der Waals surface area contributed by atoms with Crippen LogP contribution in [-0.2, 0) is 24.0 Å². The number of hydrogen-bond donors (Lipinski definition) is 1. The van der Waals surface area contributed by atoms with Gasteiger partial charge in [0.2, 0.25) is 0 Å². The Bertz CT molecular complexity index is 2510. The molecule has 0 spiro atoms. The number of nitrogens with one attached hydrogen (secondary N) is 1. The van der Waals surface area contributed by atoms with Crippen LogP contribution in [0.15, 0.2) is 106 Å². The number of ether oxygens (including phenoxy) is 1. The van der Waals surface area contributed by atoms with Gasteiger partial charge in [-0.3, -0.25) is 10.2 Å². The van der Waals surface area contributed by atoms with E-state index in [2.05, 4.69) is 117 Å². The zero-order chi connectivity index (χ0) is 42.0. The Kier molecular flexibility index (Phi) is 9.63. The van der Waals surface area contributed by atoms with Crippen LogP contribution in [0.2, 0.25) is 0 Å². The molecule has 5 heterocycles. The second-order valence-electron chi connectivity index (χ2n) is 21.6. The summed E-state index contributed by atoms with van der Waals surface area (Å²) in [4.78, 5) is 7.46. The number of aromatic nitrogens is 1. The molecule has 4 aliphatic heterocycles. The van der Waals surface area contributed by atoms with E-state index in [4.69, 9.17) is 4.74 Å². The van der Waals surface area contributed by atoms with E-state index in [1.807, 2.05) is 0 Å². The molecule has 9 aliphatic carbocycles. The quantitative estimate of drug-likeness (QED) is 0.298. The first-order valence-electron chi connectivity index (χ1n) is 26.0. The van der Waals surface area contributed by atoms with Crippen molar-refractivity contribution in [1.29, 1.82) is 5.26 Å². The van der Waals surface area contributed by atoms with Gasteiger partial charge in [0.1, 0.15) is 0 Å². The van der Waals surface area contributed by atoms with E-state index in [9.17, 15) is 5.26 Å². The van der Waals surface area contributed by atoms with E-state index in [-0.39, 0.29) is 18.1 Å². The number of thioether (sulfide) groups is 1. The van der Waals surface area contributed by atoms with Gasteiger partial charge >= 0.3 is 0 Å². The number of allylic oxidation sites excluding steroid dienone is 11. The molecule has 1 N–H and O–H groups in total. The summed E-state index contributed by atoms with van der Waals surface area (Å²) in [6.07, 6.45) is 55.8. The average Bonchev–Trinajstić information content (AvgIpc) is 4.09. The molecule has 14 rings (SSSR count). The summed E-state index contributed by atoms with van der Waals surface area (Å²) in [5.74, 6) is 2.63. The van der Waals surface area contributed by atoms with E-state index in [1.54, 1.807) is 32.9 Å². The lowest BCUT2D eigenvalue weighted by Gasteiger charge is -2.60. The molecule has 13 aliphatic rings. The van der Waals surface area contributed by atoms with Crippen LogP contribution in [0.25, 0.3) is 11.8 Å². The minimum Gasteiger partial charge on any atom is -0.374 e. The van der Waals surface area contributed by atoms with Crippen LogP contribution >= 0.6 is 11.8 Å². The molecular formula is C57H65N5OS. The molecule has 330 valence electrons. The van der Waals surface area contributed by atoms with Crippen molar-refractivity contribution in [2.45, 2.75) is 164 Å². The van der Waals surface area contributed by atoms with Gasteiger partial charge in [-0.25, -0.2) is 0 Å². The summed E-state index contributed by atoms with van der Waals surface area (Å²) in [5, 5.41) is 16.6. The SMILES string of the molecule is N#CC1=C(n2c3c(c4c2CCCC4)CCC=C3)C=C(N2C3=C(C4C=CC=CC42)C2C(CC3)OC3CCC=CC32)C(C2NC(C3C=C4SC5CCCCC5C4=CC3)N2C2CC=CCC2)C1. The lowest BCUT2D eigenvalue weighted by atomic mass is 9.70. The highest BCUT2D eigenvalue weighted by Gasteiger charge is 2.57. The van der Waals surface area contributed by atoms with Gasteiger partial charge in [0.05, 0.1) is 47.9 Å². The number of rotatable bonds is 5. The maximum atomic E-state index is 11.5. The molecule has 6 nitrogen and oxygen atoms in total. The van der Waals surface area contributed by atoms with Crippen molar-refractivity contribution in [3.8, 4) is 6.07 Å². The van der Waals surface area contributed by atoms with Crippen LogP contribution in [0.1, 0.15) is 125 Å². The monoisotopic (exact) mass is 867 g/mol. The Morgan fingerprint density at radius 1 is 0.797 bits per heavy atom. The van der Waals surface area contributed by atoms with Gasteiger partial charge in [0, 0.05) is 68.6 Å². The van der Waals surface area contributed by atoms with Gasteiger partial charge in [0.25, 0.3) is 0 Å². The van der Waals surface area contributed by atoms with Crippen LogP contribution in [0, 0.1) is 46.8 Å². The van der Waals surface area contributed by atoms with Crippen LogP contribution in [-0.4, -0.2) is 56.2 Å². The lowest BCUT2D eigenvalue weighted by molar-refractivity contribution is -0.107. The summed E-state index contributed by atoms with van der Waals surface area (Å²) in [7, 11) is 0. The highest BCUT2D eigenvalue weighted by atomic mass is 32.2. The Morgan fingerprint density at radius 2 is 1.72 bits per heavy atom. The lowest BCUT2D eigenvalue weighted by Crippen LogP contribution is -2.76. The summed E-state index contributed by atoms with van der Waals surface area (Å²) in [6, 6.07) is 3.66. The molecule has 0 radical (unpaired) electrons. The number of hydrogen-bond acceptors (Lipinski definition) is 6. The van der Waals surface area contributed by atoms with Gasteiger partial charge < -0.3 is 14.2 Å². The molecule has 0 amide bonds. The highest BCUT2D eigenvalue weighted by molar-refractivity contribution is 8.04. The molecule has 64 heavy (non-hydrogen) atoms. The van der Waals surface area contributed by atoms with Crippen molar-refractivity contribution in [1.82, 2.24) is 19.7 Å². The van der Waals surface area contributed by atoms with Gasteiger partial charge in [-0.15, -0.1) is 11.8 Å². The van der Waals surface area contributed by atoms with E-state index in [1.165, 1.54) is 68.5 Å². The largest absolute Gasteiger partial charge is 0.374 e. The predicted molar refractivity (Wildman–Crippen MR) is 258 cm³/mol. The molecule has 1 saturated carbocycles. The van der Waals surface area contributed by atoms with Crippen LogP contribution in [0.3, 0.4) is 0 Å². The zero-order valence-electron chi connectivity index (χ0n) is 37.6. The average molecular weight is 868 g/mol. The second-order valence-corrected chi connectivity index (χ2v) is 22.9. The van der Waals surface area contributed by atoms with Crippen LogP contribution in [0.4, 0.5) is 0 Å². The van der Waals surface area contributed by atoms with Crippen molar-refractivity contribution in [3.63, 3.8) is 0 Å². The topological polar surface area (TPSA) is 56.5 Å². The van der Waals surface area contributed by atoms with Gasteiger partial charge in [-0.2, -0.15) is 5.26 Å². The fourth-order valence-electron chi connectivity index (χ4n) is 15.9. The second kappa shape index (κ2) is 15.6. The first-order chi connectivity index (χ1) is 31.7. The fraction of sp³-hybridized carbons (Fsp3) is 0.561. The van der Waals surface area contributed by atoms with E-state index in [0.717, 1.165) is 93.1 Å². The van der Waals surface area contributed by atoms with E-state index >= 15 is 0 Å². The molecule has 1 aromatic rings. The highest BCUT2D eigenvalue weighted by Crippen LogP contribution is 2.59. The van der Waals surface area contributed by atoms with Gasteiger partial charge in [-0.1, -0.05) is 79.7 Å². The molecule has 1 aromatic heterocycles. The maximum Gasteiger partial charge on any atom is 0.0969 e. The first-order valence-corrected chi connectivity index (χ1v) is 26.8. The molecule has 7 heteroatoms. The van der Waals surface area contributed by atoms with Gasteiger partial charge in [-0.05, 0) is 149 Å². The maximum absolute atomic E-state index is 11.5. The fourth-order valence-corrected chi connectivity index (χ4v) is 17.5. The third kappa shape index (κ3) is 5.93. The molecule has 0 bridgehead atoms. The number of fused-ring (bicyclic) bond motifs is 12. The standard InChI is InChI=1S/C57H65N5OS/c58-33-35-30-43(57-59-56(60(57)36-14-2-1-3-15-36)34-26-27-40-39-18-8-13-25-52(39)64-53(40)31-34)49(32-48(35)61-44-21-9-4-16-37(44)38-17-5-10-22-45(38)61)62-46-23-11-6-19-41(46)54-47(62)28-29-51-55(54)42-20-7-12-24-50(42)63-51/h1-2,6-7,9,11,19-21,23,27,31-32,34,36,39,41-43,46,50-52,55-57,59H,3-5,8,10,12-18,22,24-26,28-30H2. The Balaban J connectivity index is 0.905. The van der Waals surface area contributed by atoms with E-state index in [0.29, 0.717) is 48.1 Å². The number of nitrogens with zero attached hydrogens (tertiary/aromatic N) is 4. The summed E-state index contributed by atoms with van der Waals surface area (Å²) < 4.78 is 9.60. The third-order valence-corrected chi connectivity index (χ3v) is 20.1. The van der Waals surface area contributed by atoms with Gasteiger partial charge in [0.15, 0.2) is 0 Å². The minimum atomic E-state index is 0.149. The zero-order valence-corrected chi connectivity index (χ0v) is 38.4. The summed E-state index contributed by atoms with van der Waals surface area (Å²) >= 11 is 2.21.